The minimum atomic E-state index is -2.04. The molecule has 4 saturated carbocycles. The quantitative estimate of drug-likeness (QED) is 0.0569. The number of aliphatic hydroxyl groups excluding tert-OH is 17. The molecule has 9 fully saturated rings. The average Bonchev–Trinajstić information content (AvgIpc) is 2.90. The standard InChI is InChI=1S/C56H92O28/c1-20(18-74-50-44(71)40(67)37(64)31(14-57)78-50)5-8-28-21(2)35-30(76-28)12-25-23-7-6-22-11-29(26(61)13-56(22,4)24(23)9-10-55(25,35)3)77-52-46(73)42(69)47(34(17-60)81-52)82-54-49(84-53-45(72)41(68)38(65)32(15-58)79-53)48(39(66)33(16-59)80-54)83-51-43(70)36(63)27(62)19-75-51/h20,22-27,29-54,57-73H,5-19H2,1-4H3. The fourth-order valence-electron chi connectivity index (χ4n) is 16.4. The highest BCUT2D eigenvalue weighted by atomic mass is 16.8. The highest BCUT2D eigenvalue weighted by molar-refractivity contribution is 5.27. The fraction of sp³-hybridized carbons (Fsp3) is 0.964. The first kappa shape index (κ1) is 65.4. The second-order valence-electron chi connectivity index (χ2n) is 26.2. The number of allylic oxidation sites excluding steroid dienone is 1. The third kappa shape index (κ3) is 12.0. The maximum absolute atomic E-state index is 12.0. The fourth-order valence-corrected chi connectivity index (χ4v) is 16.4. The molecule has 0 aromatic heterocycles. The van der Waals surface area contributed by atoms with Crippen molar-refractivity contribution in [3.05, 3.63) is 11.3 Å². The van der Waals surface area contributed by atoms with Gasteiger partial charge < -0.3 is 139 Å². The van der Waals surface area contributed by atoms with Crippen LogP contribution in [0.2, 0.25) is 0 Å². The van der Waals surface area contributed by atoms with Crippen LogP contribution in [0.1, 0.15) is 85.5 Å². The number of ether oxygens (including phenoxy) is 11. The predicted octanol–water partition coefficient (Wildman–Crippen LogP) is -5.57. The van der Waals surface area contributed by atoms with Crippen LogP contribution < -0.4 is 0 Å². The second-order valence-corrected chi connectivity index (χ2v) is 26.2. The van der Waals surface area contributed by atoms with Crippen molar-refractivity contribution in [1.29, 1.82) is 0 Å². The molecule has 28 heteroatoms. The van der Waals surface area contributed by atoms with Crippen LogP contribution in [0.4, 0.5) is 0 Å². The molecule has 0 aromatic rings. The van der Waals surface area contributed by atoms with Crippen molar-refractivity contribution in [3.8, 4) is 0 Å². The largest absolute Gasteiger partial charge is 0.494 e. The molecule has 0 bridgehead atoms. The summed E-state index contributed by atoms with van der Waals surface area (Å²) in [6.07, 6.45) is -35.8. The topological polar surface area (TPSA) is 445 Å². The maximum atomic E-state index is 12.0. The lowest BCUT2D eigenvalue weighted by atomic mass is 9.44. The van der Waals surface area contributed by atoms with Crippen LogP contribution in [0, 0.1) is 46.3 Å². The minimum Gasteiger partial charge on any atom is -0.494 e. The van der Waals surface area contributed by atoms with Gasteiger partial charge in [-0.2, -0.15) is 0 Å². The Labute approximate surface area is 486 Å². The van der Waals surface area contributed by atoms with E-state index in [0.29, 0.717) is 37.0 Å². The molecule has 35 atom stereocenters. The molecule has 10 rings (SSSR count). The van der Waals surface area contributed by atoms with Gasteiger partial charge in [-0.1, -0.05) is 20.8 Å². The smallest absolute Gasteiger partial charge is 0.187 e. The summed E-state index contributed by atoms with van der Waals surface area (Å²) in [6.45, 7) is 5.38. The normalized spacial score (nSPS) is 53.6. The second kappa shape index (κ2) is 26.4. The van der Waals surface area contributed by atoms with E-state index in [9.17, 15) is 86.8 Å². The first-order chi connectivity index (χ1) is 39.9. The monoisotopic (exact) mass is 1210 g/mol. The van der Waals surface area contributed by atoms with Gasteiger partial charge in [-0.3, -0.25) is 0 Å². The highest BCUT2D eigenvalue weighted by Crippen LogP contribution is 2.70. The van der Waals surface area contributed by atoms with Crippen molar-refractivity contribution in [2.24, 2.45) is 46.3 Å². The van der Waals surface area contributed by atoms with Crippen molar-refractivity contribution < 1.29 is 139 Å². The number of hydrogen-bond donors (Lipinski definition) is 17. The van der Waals surface area contributed by atoms with Gasteiger partial charge in [-0.25, -0.2) is 0 Å². The van der Waals surface area contributed by atoms with Crippen molar-refractivity contribution in [2.45, 2.75) is 251 Å². The van der Waals surface area contributed by atoms with Gasteiger partial charge >= 0.3 is 0 Å². The highest BCUT2D eigenvalue weighted by Gasteiger charge is 2.66. The predicted molar refractivity (Wildman–Crippen MR) is 278 cm³/mol. The first-order valence-electron chi connectivity index (χ1n) is 30.0. The van der Waals surface area contributed by atoms with Crippen LogP contribution in [-0.4, -0.2) is 292 Å². The third-order valence-electron chi connectivity index (χ3n) is 21.2. The molecule has 484 valence electrons. The van der Waals surface area contributed by atoms with Crippen LogP contribution in [-0.2, 0) is 52.1 Å². The number of rotatable bonds is 18. The van der Waals surface area contributed by atoms with Crippen molar-refractivity contribution >= 4 is 0 Å². The van der Waals surface area contributed by atoms with E-state index >= 15 is 0 Å². The molecule has 35 unspecified atom stereocenters. The van der Waals surface area contributed by atoms with Crippen LogP contribution in [0.3, 0.4) is 0 Å². The molecule has 0 radical (unpaired) electrons. The third-order valence-corrected chi connectivity index (χ3v) is 21.2. The summed E-state index contributed by atoms with van der Waals surface area (Å²) in [5.74, 6) is 2.49. The van der Waals surface area contributed by atoms with Gasteiger partial charge in [0.15, 0.2) is 31.5 Å². The van der Waals surface area contributed by atoms with Crippen molar-refractivity contribution in [3.63, 3.8) is 0 Å². The van der Waals surface area contributed by atoms with Gasteiger partial charge in [0.25, 0.3) is 0 Å². The van der Waals surface area contributed by atoms with Crippen LogP contribution in [0.25, 0.3) is 0 Å². The van der Waals surface area contributed by atoms with Crippen LogP contribution in [0.5, 0.6) is 0 Å². The van der Waals surface area contributed by atoms with Gasteiger partial charge in [-0.05, 0) is 104 Å². The molecule has 84 heavy (non-hydrogen) atoms. The Balaban J connectivity index is 0.773. The summed E-state index contributed by atoms with van der Waals surface area (Å²) in [4.78, 5) is 0. The van der Waals surface area contributed by atoms with Crippen LogP contribution in [0.15, 0.2) is 11.3 Å². The van der Waals surface area contributed by atoms with Crippen molar-refractivity contribution in [2.75, 3.05) is 39.6 Å². The summed E-state index contributed by atoms with van der Waals surface area (Å²) in [7, 11) is 0. The molecular formula is C56H92O28. The van der Waals surface area contributed by atoms with Gasteiger partial charge in [0.1, 0.15) is 122 Å². The SMILES string of the molecule is CC1=C(CCC(C)COC2OC(CO)C(O)C(O)C2O)OC2CC3C4CCC5CC(OC6OC(CO)C(OC7OC(CO)C(O)C(OC8OCC(O)C(O)C8O)C7OC7OC(CO)C(O)C(O)C7O)C(O)C6O)C(O)CC5(C)C4CCC3(C)C12. The zero-order valence-corrected chi connectivity index (χ0v) is 47.8. The number of aliphatic hydroxyl groups is 17. The first-order valence-corrected chi connectivity index (χ1v) is 30.0. The average molecular weight is 1210 g/mol. The van der Waals surface area contributed by atoms with Crippen LogP contribution >= 0.6 is 0 Å². The van der Waals surface area contributed by atoms with E-state index in [1.54, 1.807) is 0 Å². The summed E-state index contributed by atoms with van der Waals surface area (Å²) < 4.78 is 65.8. The molecule has 0 spiro atoms. The lowest BCUT2D eigenvalue weighted by Gasteiger charge is -2.61. The molecule has 6 heterocycles. The van der Waals surface area contributed by atoms with Gasteiger partial charge in [0.05, 0.1) is 57.6 Å². The zero-order chi connectivity index (χ0) is 60.6. The summed E-state index contributed by atoms with van der Waals surface area (Å²) >= 11 is 0. The number of hydrogen-bond acceptors (Lipinski definition) is 28. The van der Waals surface area contributed by atoms with Gasteiger partial charge in [0, 0.05) is 12.3 Å². The Hall–Kier alpha value is -1.54. The number of fused-ring (bicyclic) bond motifs is 7. The molecule has 0 aromatic carbocycles. The molecule has 5 saturated heterocycles. The van der Waals surface area contributed by atoms with E-state index in [2.05, 4.69) is 20.8 Å². The molecule has 10 aliphatic rings. The van der Waals surface area contributed by atoms with Gasteiger partial charge in [-0.15, -0.1) is 0 Å². The minimum absolute atomic E-state index is 0.000376. The lowest BCUT2D eigenvalue weighted by molar-refractivity contribution is -0.404. The molecule has 6 aliphatic heterocycles. The molecule has 28 nitrogen and oxygen atoms in total. The maximum Gasteiger partial charge on any atom is 0.187 e. The zero-order valence-electron chi connectivity index (χ0n) is 47.8. The summed E-state index contributed by atoms with van der Waals surface area (Å²) in [6, 6.07) is 0. The molecule has 4 aliphatic carbocycles. The Morgan fingerprint density at radius 3 is 1.75 bits per heavy atom. The lowest BCUT2D eigenvalue weighted by Crippen LogP contribution is -2.68. The summed E-state index contributed by atoms with van der Waals surface area (Å²) in [5, 5.41) is 182. The molecule has 17 N–H and O–H groups in total. The van der Waals surface area contributed by atoms with E-state index in [1.165, 1.54) is 5.57 Å². The molecule has 0 amide bonds. The van der Waals surface area contributed by atoms with Gasteiger partial charge in [0.2, 0.25) is 0 Å². The Kier molecular flexibility index (Phi) is 20.5. The van der Waals surface area contributed by atoms with E-state index in [0.717, 1.165) is 44.3 Å². The van der Waals surface area contributed by atoms with E-state index in [1.807, 2.05) is 6.92 Å². The Bertz CT molecular complexity index is 2200. The Morgan fingerprint density at radius 2 is 1.08 bits per heavy atom. The van der Waals surface area contributed by atoms with E-state index in [4.69, 9.17) is 52.1 Å². The van der Waals surface area contributed by atoms with Crippen molar-refractivity contribution in [1.82, 2.24) is 0 Å². The summed E-state index contributed by atoms with van der Waals surface area (Å²) in [5.41, 5.74) is 1.01. The van der Waals surface area contributed by atoms with E-state index < -0.39 is 193 Å². The van der Waals surface area contributed by atoms with E-state index in [-0.39, 0.29) is 41.3 Å². The Morgan fingerprint density at radius 1 is 0.524 bits per heavy atom. The molecular weight excluding hydrogens is 1120 g/mol.